The largest absolute Gasteiger partial charge is 0.344 e. The summed E-state index contributed by atoms with van der Waals surface area (Å²) in [6, 6.07) is 13.7. The van der Waals surface area contributed by atoms with E-state index in [1.807, 2.05) is 72.6 Å². The summed E-state index contributed by atoms with van der Waals surface area (Å²) in [7, 11) is 0. The standard InChI is InChI=1S/C24H26N6O/c1-4-29-21(12-13-25-29)15(2)26-24(31)19-14-20(17-10-11-17)27-23-22(19)16(3)28-30(23)18-8-6-5-7-9-18/h5-9,12-15,17H,4,10-11H2,1-3H3,(H,26,31)/t15-/m0/s1. The minimum atomic E-state index is -0.160. The van der Waals surface area contributed by atoms with Crippen LogP contribution in [0, 0.1) is 6.92 Å². The summed E-state index contributed by atoms with van der Waals surface area (Å²) in [6.45, 7) is 6.73. The maximum atomic E-state index is 13.5. The van der Waals surface area contributed by atoms with E-state index in [2.05, 4.69) is 10.4 Å². The topological polar surface area (TPSA) is 77.6 Å². The minimum Gasteiger partial charge on any atom is -0.344 e. The van der Waals surface area contributed by atoms with E-state index < -0.39 is 0 Å². The number of amides is 1. The molecular weight excluding hydrogens is 388 g/mol. The predicted molar refractivity (Wildman–Crippen MR) is 119 cm³/mol. The van der Waals surface area contributed by atoms with Crippen molar-refractivity contribution in [1.29, 1.82) is 0 Å². The fourth-order valence-corrected chi connectivity index (χ4v) is 4.15. The molecule has 7 nitrogen and oxygen atoms in total. The fourth-order valence-electron chi connectivity index (χ4n) is 4.15. The molecule has 0 saturated heterocycles. The average molecular weight is 415 g/mol. The molecule has 1 N–H and O–H groups in total. The van der Waals surface area contributed by atoms with Crippen molar-refractivity contribution in [3.63, 3.8) is 0 Å². The Morgan fingerprint density at radius 3 is 2.71 bits per heavy atom. The minimum absolute atomic E-state index is 0.110. The van der Waals surface area contributed by atoms with Gasteiger partial charge in [-0.2, -0.15) is 10.2 Å². The lowest BCUT2D eigenvalue weighted by Gasteiger charge is -2.16. The molecule has 1 aliphatic carbocycles. The second kappa shape index (κ2) is 7.65. The number of nitrogens with zero attached hydrogens (tertiary/aromatic N) is 5. The van der Waals surface area contributed by atoms with Crippen LogP contribution in [0.4, 0.5) is 0 Å². The van der Waals surface area contributed by atoms with Crippen molar-refractivity contribution < 1.29 is 4.79 Å². The third kappa shape index (κ3) is 3.50. The SMILES string of the molecule is CCn1nccc1[C@H](C)NC(=O)c1cc(C2CC2)nc2c1c(C)nn2-c1ccccc1. The number of fused-ring (bicyclic) bond motifs is 1. The summed E-state index contributed by atoms with van der Waals surface area (Å²) < 4.78 is 3.75. The summed E-state index contributed by atoms with van der Waals surface area (Å²) >= 11 is 0. The van der Waals surface area contributed by atoms with Gasteiger partial charge in [0.15, 0.2) is 5.65 Å². The molecule has 1 saturated carbocycles. The summed E-state index contributed by atoms with van der Waals surface area (Å²) in [6.07, 6.45) is 4.00. The van der Waals surface area contributed by atoms with Gasteiger partial charge < -0.3 is 5.32 Å². The van der Waals surface area contributed by atoms with Gasteiger partial charge in [0.05, 0.1) is 34.1 Å². The van der Waals surface area contributed by atoms with Crippen LogP contribution in [-0.2, 0) is 6.54 Å². The van der Waals surface area contributed by atoms with Gasteiger partial charge in [-0.3, -0.25) is 9.48 Å². The molecule has 1 amide bonds. The highest BCUT2D eigenvalue weighted by Gasteiger charge is 2.29. The lowest BCUT2D eigenvalue weighted by Crippen LogP contribution is -2.28. The summed E-state index contributed by atoms with van der Waals surface area (Å²) in [5.74, 6) is 0.315. The van der Waals surface area contributed by atoms with E-state index in [0.29, 0.717) is 11.5 Å². The highest BCUT2D eigenvalue weighted by Crippen LogP contribution is 2.40. The van der Waals surface area contributed by atoms with Gasteiger partial charge in [-0.25, -0.2) is 9.67 Å². The third-order valence-electron chi connectivity index (χ3n) is 5.91. The van der Waals surface area contributed by atoms with Crippen LogP contribution in [0.15, 0.2) is 48.7 Å². The molecule has 0 unspecified atom stereocenters. The van der Waals surface area contributed by atoms with E-state index in [9.17, 15) is 4.79 Å². The van der Waals surface area contributed by atoms with Crippen LogP contribution >= 0.6 is 0 Å². The first-order valence-corrected chi connectivity index (χ1v) is 10.8. The maximum Gasteiger partial charge on any atom is 0.252 e. The van der Waals surface area contributed by atoms with Gasteiger partial charge in [-0.15, -0.1) is 0 Å². The molecule has 1 aromatic carbocycles. The molecule has 0 spiro atoms. The van der Waals surface area contributed by atoms with Gasteiger partial charge in [0.2, 0.25) is 0 Å². The highest BCUT2D eigenvalue weighted by molar-refractivity contribution is 6.07. The number of pyridine rings is 1. The van der Waals surface area contributed by atoms with Crippen LogP contribution < -0.4 is 5.32 Å². The molecule has 7 heteroatoms. The molecule has 1 fully saturated rings. The Bertz CT molecular complexity index is 1250. The van der Waals surface area contributed by atoms with Gasteiger partial charge >= 0.3 is 0 Å². The van der Waals surface area contributed by atoms with Crippen LogP contribution in [0.5, 0.6) is 0 Å². The lowest BCUT2D eigenvalue weighted by molar-refractivity contribution is 0.0939. The second-order valence-electron chi connectivity index (χ2n) is 8.17. The van der Waals surface area contributed by atoms with Crippen molar-refractivity contribution in [2.45, 2.75) is 52.1 Å². The Morgan fingerprint density at radius 2 is 2.00 bits per heavy atom. The first-order valence-electron chi connectivity index (χ1n) is 10.8. The first-order chi connectivity index (χ1) is 15.1. The van der Waals surface area contributed by atoms with Gasteiger partial charge in [-0.05, 0) is 57.9 Å². The van der Waals surface area contributed by atoms with Crippen molar-refractivity contribution in [3.05, 3.63) is 71.3 Å². The Balaban J connectivity index is 1.59. The Morgan fingerprint density at radius 1 is 1.23 bits per heavy atom. The number of aromatic nitrogens is 5. The third-order valence-corrected chi connectivity index (χ3v) is 5.91. The van der Waals surface area contributed by atoms with Crippen LogP contribution in [0.3, 0.4) is 0 Å². The molecular formula is C24H26N6O. The summed E-state index contributed by atoms with van der Waals surface area (Å²) in [4.78, 5) is 18.4. The molecule has 1 aliphatic rings. The molecule has 0 radical (unpaired) electrons. The number of carbonyl (C=O) groups is 1. The van der Waals surface area contributed by atoms with Crippen molar-refractivity contribution in [2.75, 3.05) is 0 Å². The van der Waals surface area contributed by atoms with Crippen molar-refractivity contribution in [3.8, 4) is 5.69 Å². The molecule has 1 atom stereocenters. The Hall–Kier alpha value is -3.48. The van der Waals surface area contributed by atoms with E-state index in [-0.39, 0.29) is 11.9 Å². The van der Waals surface area contributed by atoms with E-state index in [0.717, 1.165) is 53.2 Å². The zero-order chi connectivity index (χ0) is 21.5. The van der Waals surface area contributed by atoms with Gasteiger partial charge in [0.25, 0.3) is 5.91 Å². The normalized spacial score (nSPS) is 14.7. The number of para-hydroxylation sites is 1. The Labute approximate surface area is 181 Å². The number of aryl methyl sites for hydroxylation is 2. The van der Waals surface area contributed by atoms with Gasteiger partial charge in [0.1, 0.15) is 0 Å². The molecule has 3 aromatic heterocycles. The van der Waals surface area contributed by atoms with Crippen LogP contribution in [-0.4, -0.2) is 30.5 Å². The van der Waals surface area contributed by atoms with Crippen LogP contribution in [0.2, 0.25) is 0 Å². The smallest absolute Gasteiger partial charge is 0.252 e. The molecule has 158 valence electrons. The number of hydrogen-bond donors (Lipinski definition) is 1. The number of rotatable bonds is 6. The summed E-state index contributed by atoms with van der Waals surface area (Å²) in [5, 5.41) is 13.0. The van der Waals surface area contributed by atoms with Crippen LogP contribution in [0.1, 0.15) is 66.1 Å². The molecule has 0 bridgehead atoms. The van der Waals surface area contributed by atoms with E-state index >= 15 is 0 Å². The molecule has 31 heavy (non-hydrogen) atoms. The monoisotopic (exact) mass is 414 g/mol. The molecule has 4 aromatic rings. The van der Waals surface area contributed by atoms with Gasteiger partial charge in [-0.1, -0.05) is 18.2 Å². The Kier molecular flexibility index (Phi) is 4.81. The first kappa shape index (κ1) is 19.5. The highest BCUT2D eigenvalue weighted by atomic mass is 16.1. The summed E-state index contributed by atoms with van der Waals surface area (Å²) in [5.41, 5.74) is 5.07. The van der Waals surface area contributed by atoms with Gasteiger partial charge in [0, 0.05) is 24.4 Å². The molecule has 3 heterocycles. The van der Waals surface area contributed by atoms with Crippen molar-refractivity contribution in [1.82, 2.24) is 29.9 Å². The fraction of sp³-hybridized carbons (Fsp3) is 0.333. The van der Waals surface area contributed by atoms with E-state index in [1.54, 1.807) is 6.20 Å². The quantitative estimate of drug-likeness (QED) is 0.510. The van der Waals surface area contributed by atoms with Crippen molar-refractivity contribution in [2.24, 2.45) is 0 Å². The lowest BCUT2D eigenvalue weighted by atomic mass is 10.1. The zero-order valence-electron chi connectivity index (χ0n) is 18.0. The van der Waals surface area contributed by atoms with E-state index in [4.69, 9.17) is 10.1 Å². The molecule has 5 rings (SSSR count). The van der Waals surface area contributed by atoms with E-state index in [1.165, 1.54) is 0 Å². The molecule has 0 aliphatic heterocycles. The average Bonchev–Trinajstić information content (AvgIpc) is 3.43. The second-order valence-corrected chi connectivity index (χ2v) is 8.17. The van der Waals surface area contributed by atoms with Crippen molar-refractivity contribution >= 4 is 16.9 Å². The predicted octanol–water partition coefficient (Wildman–Crippen LogP) is 4.31. The maximum absolute atomic E-state index is 13.5. The number of nitrogens with one attached hydrogen (secondary N) is 1. The number of hydrogen-bond acceptors (Lipinski definition) is 4. The van der Waals surface area contributed by atoms with Crippen LogP contribution in [0.25, 0.3) is 16.7 Å². The zero-order valence-corrected chi connectivity index (χ0v) is 18.0. The number of benzene rings is 1. The number of carbonyl (C=O) groups excluding carboxylic acids is 1.